The molecule has 0 saturated heterocycles. The number of aliphatic hydroxyl groups excluding tert-OH is 1. The summed E-state index contributed by atoms with van der Waals surface area (Å²) in [6.07, 6.45) is 1.61. The molecule has 0 bridgehead atoms. The van der Waals surface area contributed by atoms with E-state index in [0.29, 0.717) is 18.3 Å². The van der Waals surface area contributed by atoms with Gasteiger partial charge in [-0.2, -0.15) is 0 Å². The number of aliphatic hydroxyl groups is 1. The van der Waals surface area contributed by atoms with Crippen LogP contribution in [0, 0.1) is 6.92 Å². The van der Waals surface area contributed by atoms with Gasteiger partial charge in [-0.1, -0.05) is 20.8 Å². The summed E-state index contributed by atoms with van der Waals surface area (Å²) < 4.78 is 0. The van der Waals surface area contributed by atoms with Gasteiger partial charge in [-0.15, -0.1) is 0 Å². The highest BCUT2D eigenvalue weighted by Gasteiger charge is 2.22. The van der Waals surface area contributed by atoms with E-state index in [9.17, 15) is 0 Å². The molecule has 1 rings (SSSR count). The molecule has 0 aromatic carbocycles. The van der Waals surface area contributed by atoms with Gasteiger partial charge in [0.25, 0.3) is 0 Å². The minimum Gasteiger partial charge on any atom is -0.396 e. The van der Waals surface area contributed by atoms with Crippen molar-refractivity contribution in [1.82, 2.24) is 9.97 Å². The Hall–Kier alpha value is -1.16. The average molecular weight is 251 g/mol. The number of aryl methyl sites for hydroxylation is 1. The smallest absolute Gasteiger partial charge is 0.223 e. The van der Waals surface area contributed by atoms with Crippen molar-refractivity contribution in [3.63, 3.8) is 0 Å². The van der Waals surface area contributed by atoms with Crippen LogP contribution in [0.4, 0.5) is 5.95 Å². The zero-order valence-corrected chi connectivity index (χ0v) is 12.1. The molecule has 0 amide bonds. The van der Waals surface area contributed by atoms with Crippen LogP contribution in [-0.2, 0) is 0 Å². The predicted molar refractivity (Wildman–Crippen MR) is 74.9 cm³/mol. The molecule has 4 heteroatoms. The average Bonchev–Trinajstić information content (AvgIpc) is 2.28. The Morgan fingerprint density at radius 2 is 2.06 bits per heavy atom. The Morgan fingerprint density at radius 1 is 1.39 bits per heavy atom. The zero-order chi connectivity index (χ0) is 13.8. The monoisotopic (exact) mass is 251 g/mol. The lowest BCUT2D eigenvalue weighted by molar-refractivity contribution is 0.251. The van der Waals surface area contributed by atoms with E-state index in [-0.39, 0.29) is 12.1 Å². The summed E-state index contributed by atoms with van der Waals surface area (Å²) in [6.45, 7) is 10.6. The van der Waals surface area contributed by atoms with Crippen LogP contribution in [-0.4, -0.2) is 27.2 Å². The van der Waals surface area contributed by atoms with Crippen molar-refractivity contribution in [2.24, 2.45) is 0 Å². The first kappa shape index (κ1) is 14.9. The van der Waals surface area contributed by atoms with E-state index in [1.165, 1.54) is 0 Å². The second-order valence-corrected chi connectivity index (χ2v) is 5.43. The van der Waals surface area contributed by atoms with E-state index >= 15 is 0 Å². The molecule has 0 spiro atoms. The normalized spacial score (nSPS) is 14.6. The SMILES string of the molecule is CCC(C)(CCO)Nc1nc(C)cc(C(C)C)n1. The molecule has 0 aliphatic heterocycles. The van der Waals surface area contributed by atoms with Crippen LogP contribution in [0.5, 0.6) is 0 Å². The number of hydrogen-bond acceptors (Lipinski definition) is 4. The lowest BCUT2D eigenvalue weighted by atomic mass is 9.95. The Kier molecular flexibility index (Phi) is 5.08. The fraction of sp³-hybridized carbons (Fsp3) is 0.714. The number of rotatable bonds is 6. The first-order valence-electron chi connectivity index (χ1n) is 6.65. The van der Waals surface area contributed by atoms with Crippen molar-refractivity contribution >= 4 is 5.95 Å². The molecule has 0 fully saturated rings. The van der Waals surface area contributed by atoms with Crippen LogP contribution in [0.15, 0.2) is 6.07 Å². The largest absolute Gasteiger partial charge is 0.396 e. The van der Waals surface area contributed by atoms with Crippen molar-refractivity contribution in [3.05, 3.63) is 17.5 Å². The van der Waals surface area contributed by atoms with Gasteiger partial charge in [0.2, 0.25) is 5.95 Å². The van der Waals surface area contributed by atoms with Crippen LogP contribution in [0.2, 0.25) is 0 Å². The summed E-state index contributed by atoms with van der Waals surface area (Å²) in [5, 5.41) is 12.5. The number of nitrogens with zero attached hydrogens (tertiary/aromatic N) is 2. The van der Waals surface area contributed by atoms with Crippen LogP contribution in [0.3, 0.4) is 0 Å². The third-order valence-corrected chi connectivity index (χ3v) is 3.32. The maximum atomic E-state index is 9.13. The fourth-order valence-corrected chi connectivity index (χ4v) is 1.79. The summed E-state index contributed by atoms with van der Waals surface area (Å²) in [7, 11) is 0. The van der Waals surface area contributed by atoms with Gasteiger partial charge in [0.05, 0.1) is 0 Å². The molecule has 0 radical (unpaired) electrons. The van der Waals surface area contributed by atoms with E-state index in [2.05, 4.69) is 43.0 Å². The molecule has 4 nitrogen and oxygen atoms in total. The van der Waals surface area contributed by atoms with Crippen molar-refractivity contribution in [1.29, 1.82) is 0 Å². The topological polar surface area (TPSA) is 58.0 Å². The number of aromatic nitrogens is 2. The summed E-state index contributed by atoms with van der Waals surface area (Å²) >= 11 is 0. The van der Waals surface area contributed by atoms with Gasteiger partial charge >= 0.3 is 0 Å². The molecule has 1 unspecified atom stereocenters. The van der Waals surface area contributed by atoms with E-state index < -0.39 is 0 Å². The van der Waals surface area contributed by atoms with Crippen molar-refractivity contribution in [2.75, 3.05) is 11.9 Å². The maximum Gasteiger partial charge on any atom is 0.223 e. The highest BCUT2D eigenvalue weighted by Crippen LogP contribution is 2.21. The Labute approximate surface area is 110 Å². The molecular formula is C14H25N3O. The highest BCUT2D eigenvalue weighted by atomic mass is 16.3. The summed E-state index contributed by atoms with van der Waals surface area (Å²) in [5.74, 6) is 1.05. The van der Waals surface area contributed by atoms with Gasteiger partial charge in [0.15, 0.2) is 0 Å². The third kappa shape index (κ3) is 3.95. The predicted octanol–water partition coefficient (Wildman–Crippen LogP) is 2.87. The van der Waals surface area contributed by atoms with E-state index in [4.69, 9.17) is 5.11 Å². The molecule has 1 atom stereocenters. The van der Waals surface area contributed by atoms with Gasteiger partial charge in [-0.05, 0) is 38.7 Å². The van der Waals surface area contributed by atoms with E-state index in [0.717, 1.165) is 17.8 Å². The summed E-state index contributed by atoms with van der Waals surface area (Å²) in [5.41, 5.74) is 1.86. The second kappa shape index (κ2) is 6.14. The van der Waals surface area contributed by atoms with Crippen LogP contribution in [0.25, 0.3) is 0 Å². The van der Waals surface area contributed by atoms with Crippen molar-refractivity contribution in [2.45, 2.75) is 58.9 Å². The first-order valence-corrected chi connectivity index (χ1v) is 6.65. The number of hydrogen-bond donors (Lipinski definition) is 2. The molecule has 1 aromatic heterocycles. The lowest BCUT2D eigenvalue weighted by Gasteiger charge is -2.29. The minimum absolute atomic E-state index is 0.156. The van der Waals surface area contributed by atoms with Crippen molar-refractivity contribution in [3.8, 4) is 0 Å². The van der Waals surface area contributed by atoms with Gasteiger partial charge in [0, 0.05) is 23.5 Å². The zero-order valence-electron chi connectivity index (χ0n) is 12.1. The Bertz CT molecular complexity index is 393. The molecule has 0 saturated carbocycles. The van der Waals surface area contributed by atoms with Crippen LogP contribution in [0.1, 0.15) is 57.8 Å². The molecule has 18 heavy (non-hydrogen) atoms. The molecule has 1 heterocycles. The Morgan fingerprint density at radius 3 is 2.56 bits per heavy atom. The molecule has 1 aromatic rings. The van der Waals surface area contributed by atoms with E-state index in [1.54, 1.807) is 0 Å². The standard InChI is InChI=1S/C14H25N3O/c1-6-14(5,7-8-18)17-13-15-11(4)9-12(16-13)10(2)3/h9-10,18H,6-8H2,1-5H3,(H,15,16,17). The molecule has 0 aliphatic rings. The first-order chi connectivity index (χ1) is 8.40. The molecular weight excluding hydrogens is 226 g/mol. The van der Waals surface area contributed by atoms with E-state index in [1.807, 2.05) is 13.0 Å². The summed E-state index contributed by atoms with van der Waals surface area (Å²) in [4.78, 5) is 8.97. The van der Waals surface area contributed by atoms with Crippen LogP contribution >= 0.6 is 0 Å². The third-order valence-electron chi connectivity index (χ3n) is 3.32. The van der Waals surface area contributed by atoms with Gasteiger partial charge in [-0.3, -0.25) is 0 Å². The van der Waals surface area contributed by atoms with Gasteiger partial charge < -0.3 is 10.4 Å². The number of anilines is 1. The Balaban J connectivity index is 2.96. The summed E-state index contributed by atoms with van der Waals surface area (Å²) in [6, 6.07) is 2.02. The highest BCUT2D eigenvalue weighted by molar-refractivity contribution is 5.32. The number of nitrogens with one attached hydrogen (secondary N) is 1. The quantitative estimate of drug-likeness (QED) is 0.816. The van der Waals surface area contributed by atoms with Crippen molar-refractivity contribution < 1.29 is 5.11 Å². The molecule has 0 aliphatic carbocycles. The lowest BCUT2D eigenvalue weighted by Crippen LogP contribution is -2.36. The second-order valence-electron chi connectivity index (χ2n) is 5.43. The molecule has 102 valence electrons. The molecule has 2 N–H and O–H groups in total. The van der Waals surface area contributed by atoms with Gasteiger partial charge in [-0.25, -0.2) is 9.97 Å². The fourth-order valence-electron chi connectivity index (χ4n) is 1.79. The maximum absolute atomic E-state index is 9.13. The van der Waals surface area contributed by atoms with Crippen LogP contribution < -0.4 is 5.32 Å². The van der Waals surface area contributed by atoms with Gasteiger partial charge in [0.1, 0.15) is 0 Å². The minimum atomic E-state index is -0.156.